The molecule has 0 aliphatic rings. The van der Waals surface area contributed by atoms with Crippen molar-refractivity contribution >= 4 is 27.9 Å². The summed E-state index contributed by atoms with van der Waals surface area (Å²) in [5.74, 6) is 1.22. The van der Waals surface area contributed by atoms with E-state index in [1.165, 1.54) is 5.69 Å². The molecule has 0 aliphatic heterocycles. The molecule has 0 unspecified atom stereocenters. The number of anilines is 1. The Morgan fingerprint density at radius 1 is 1.17 bits per heavy atom. The number of hydrogen-bond donors (Lipinski definition) is 0. The van der Waals surface area contributed by atoms with Gasteiger partial charge in [-0.25, -0.2) is 0 Å². The van der Waals surface area contributed by atoms with E-state index in [1.807, 2.05) is 18.2 Å². The van der Waals surface area contributed by atoms with Crippen molar-refractivity contribution in [2.75, 3.05) is 18.0 Å². The summed E-state index contributed by atoms with van der Waals surface area (Å²) in [5, 5.41) is 0. The van der Waals surface area contributed by atoms with E-state index in [4.69, 9.17) is 0 Å². The number of benzene rings is 1. The Hall–Kier alpha value is -0.830. The van der Waals surface area contributed by atoms with Gasteiger partial charge >= 0.3 is 0 Å². The van der Waals surface area contributed by atoms with Crippen molar-refractivity contribution in [2.45, 2.75) is 27.7 Å². The lowest BCUT2D eigenvalue weighted by atomic mass is 10.1. The zero-order chi connectivity index (χ0) is 13.7. The van der Waals surface area contributed by atoms with Crippen LogP contribution < -0.4 is 4.90 Å². The highest BCUT2D eigenvalue weighted by molar-refractivity contribution is 9.10. The predicted molar refractivity (Wildman–Crippen MR) is 81.4 cm³/mol. The minimum atomic E-state index is 0.612. The number of aldehydes is 1. The standard InChI is InChI=1S/C15H22BrNO/c1-11(2)8-17(9-12(3)4)15-6-5-13(10-18)7-14(15)16/h5-7,10-12H,8-9H2,1-4H3. The first-order valence-electron chi connectivity index (χ1n) is 6.43. The molecule has 0 aromatic heterocycles. The molecule has 3 heteroatoms. The Morgan fingerprint density at radius 3 is 2.11 bits per heavy atom. The second kappa shape index (κ2) is 6.93. The van der Waals surface area contributed by atoms with E-state index in [9.17, 15) is 4.79 Å². The summed E-state index contributed by atoms with van der Waals surface area (Å²) >= 11 is 3.57. The summed E-state index contributed by atoms with van der Waals surface area (Å²) in [6.45, 7) is 10.9. The highest BCUT2D eigenvalue weighted by atomic mass is 79.9. The number of carbonyl (C=O) groups excluding carboxylic acids is 1. The first-order chi connectivity index (χ1) is 8.43. The van der Waals surface area contributed by atoms with Crippen molar-refractivity contribution in [1.29, 1.82) is 0 Å². The Balaban J connectivity index is 3.00. The number of hydrogen-bond acceptors (Lipinski definition) is 2. The second-order valence-electron chi connectivity index (χ2n) is 5.52. The fraction of sp³-hybridized carbons (Fsp3) is 0.533. The van der Waals surface area contributed by atoms with Crippen molar-refractivity contribution in [3.8, 4) is 0 Å². The minimum absolute atomic E-state index is 0.612. The number of carbonyl (C=O) groups is 1. The molecular weight excluding hydrogens is 290 g/mol. The molecule has 0 fully saturated rings. The Labute approximate surface area is 119 Å². The molecule has 0 atom stereocenters. The highest BCUT2D eigenvalue weighted by Gasteiger charge is 2.13. The average molecular weight is 312 g/mol. The minimum Gasteiger partial charge on any atom is -0.370 e. The quantitative estimate of drug-likeness (QED) is 0.727. The van der Waals surface area contributed by atoms with Crippen molar-refractivity contribution in [2.24, 2.45) is 11.8 Å². The number of rotatable bonds is 6. The van der Waals surface area contributed by atoms with Crippen LogP contribution in [-0.4, -0.2) is 19.4 Å². The molecule has 0 spiro atoms. The smallest absolute Gasteiger partial charge is 0.150 e. The molecule has 0 saturated heterocycles. The van der Waals surface area contributed by atoms with E-state index >= 15 is 0 Å². The van der Waals surface area contributed by atoms with Gasteiger partial charge in [-0.3, -0.25) is 4.79 Å². The van der Waals surface area contributed by atoms with E-state index in [1.54, 1.807) is 0 Å². The van der Waals surface area contributed by atoms with Crippen LogP contribution in [0.4, 0.5) is 5.69 Å². The van der Waals surface area contributed by atoms with Crippen molar-refractivity contribution in [1.82, 2.24) is 0 Å². The molecule has 0 heterocycles. The Morgan fingerprint density at radius 2 is 1.72 bits per heavy atom. The van der Waals surface area contributed by atoms with Gasteiger partial charge in [-0.2, -0.15) is 0 Å². The van der Waals surface area contributed by atoms with E-state index in [0.717, 1.165) is 23.8 Å². The van der Waals surface area contributed by atoms with Gasteiger partial charge in [-0.05, 0) is 46.0 Å². The van der Waals surface area contributed by atoms with Gasteiger partial charge in [-0.1, -0.05) is 27.7 Å². The number of nitrogens with zero attached hydrogens (tertiary/aromatic N) is 1. The van der Waals surface area contributed by atoms with Crippen LogP contribution in [0, 0.1) is 11.8 Å². The molecule has 1 rings (SSSR count). The third kappa shape index (κ3) is 4.45. The third-order valence-electron chi connectivity index (χ3n) is 2.62. The predicted octanol–water partition coefficient (Wildman–Crippen LogP) is 4.38. The highest BCUT2D eigenvalue weighted by Crippen LogP contribution is 2.28. The van der Waals surface area contributed by atoms with Gasteiger partial charge in [-0.15, -0.1) is 0 Å². The maximum atomic E-state index is 10.8. The molecule has 1 aromatic rings. The lowest BCUT2D eigenvalue weighted by molar-refractivity contribution is 0.112. The molecule has 0 amide bonds. The maximum absolute atomic E-state index is 10.8. The van der Waals surface area contributed by atoms with Crippen LogP contribution in [0.2, 0.25) is 0 Å². The summed E-state index contributed by atoms with van der Waals surface area (Å²) in [5.41, 5.74) is 1.88. The molecule has 0 N–H and O–H groups in total. The van der Waals surface area contributed by atoms with Crippen molar-refractivity contribution < 1.29 is 4.79 Å². The van der Waals surface area contributed by atoms with Crippen LogP contribution in [0.5, 0.6) is 0 Å². The van der Waals surface area contributed by atoms with Gasteiger partial charge < -0.3 is 4.90 Å². The van der Waals surface area contributed by atoms with Crippen LogP contribution >= 0.6 is 15.9 Å². The summed E-state index contributed by atoms with van der Waals surface area (Å²) in [6, 6.07) is 5.79. The molecule has 0 saturated carbocycles. The van der Waals surface area contributed by atoms with Crippen molar-refractivity contribution in [3.63, 3.8) is 0 Å². The van der Waals surface area contributed by atoms with E-state index in [-0.39, 0.29) is 0 Å². The first kappa shape index (κ1) is 15.2. The largest absolute Gasteiger partial charge is 0.370 e. The summed E-state index contributed by atoms with van der Waals surface area (Å²) in [6.07, 6.45) is 0.879. The van der Waals surface area contributed by atoms with Crippen LogP contribution in [-0.2, 0) is 0 Å². The Kier molecular flexibility index (Phi) is 5.86. The molecule has 100 valence electrons. The summed E-state index contributed by atoms with van der Waals surface area (Å²) < 4.78 is 0.994. The normalized spacial score (nSPS) is 11.1. The molecule has 18 heavy (non-hydrogen) atoms. The fourth-order valence-electron chi connectivity index (χ4n) is 2.01. The van der Waals surface area contributed by atoms with Crippen molar-refractivity contribution in [3.05, 3.63) is 28.2 Å². The monoisotopic (exact) mass is 311 g/mol. The van der Waals surface area contributed by atoms with Gasteiger partial charge in [0, 0.05) is 23.1 Å². The molecule has 1 aromatic carbocycles. The molecule has 0 aliphatic carbocycles. The van der Waals surface area contributed by atoms with Gasteiger partial charge in [0.2, 0.25) is 0 Å². The molecular formula is C15H22BrNO. The van der Waals surface area contributed by atoms with Gasteiger partial charge in [0.1, 0.15) is 6.29 Å². The summed E-state index contributed by atoms with van der Waals surface area (Å²) in [4.78, 5) is 13.1. The lowest BCUT2D eigenvalue weighted by Crippen LogP contribution is -2.31. The zero-order valence-electron chi connectivity index (χ0n) is 11.6. The van der Waals surface area contributed by atoms with Crippen LogP contribution in [0.25, 0.3) is 0 Å². The van der Waals surface area contributed by atoms with E-state index in [2.05, 4.69) is 48.5 Å². The van der Waals surface area contributed by atoms with Crippen LogP contribution in [0.1, 0.15) is 38.1 Å². The van der Waals surface area contributed by atoms with E-state index in [0.29, 0.717) is 17.4 Å². The molecule has 2 nitrogen and oxygen atoms in total. The van der Waals surface area contributed by atoms with Gasteiger partial charge in [0.15, 0.2) is 0 Å². The van der Waals surface area contributed by atoms with Gasteiger partial charge in [0.25, 0.3) is 0 Å². The van der Waals surface area contributed by atoms with Crippen LogP contribution in [0.15, 0.2) is 22.7 Å². The molecule has 0 bridgehead atoms. The zero-order valence-corrected chi connectivity index (χ0v) is 13.2. The molecule has 0 radical (unpaired) electrons. The first-order valence-corrected chi connectivity index (χ1v) is 7.23. The number of halogens is 1. The SMILES string of the molecule is CC(C)CN(CC(C)C)c1ccc(C=O)cc1Br. The lowest BCUT2D eigenvalue weighted by Gasteiger charge is -2.29. The maximum Gasteiger partial charge on any atom is 0.150 e. The topological polar surface area (TPSA) is 20.3 Å². The average Bonchev–Trinajstić information content (AvgIpc) is 2.26. The fourth-order valence-corrected chi connectivity index (χ4v) is 2.65. The van der Waals surface area contributed by atoms with E-state index < -0.39 is 0 Å². The Bertz CT molecular complexity index is 391. The summed E-state index contributed by atoms with van der Waals surface area (Å²) in [7, 11) is 0. The van der Waals surface area contributed by atoms with Crippen LogP contribution in [0.3, 0.4) is 0 Å². The third-order valence-corrected chi connectivity index (χ3v) is 3.25. The second-order valence-corrected chi connectivity index (χ2v) is 6.38. The van der Waals surface area contributed by atoms with Gasteiger partial charge in [0.05, 0.1) is 5.69 Å².